The van der Waals surface area contributed by atoms with Crippen LogP contribution in [0.25, 0.3) is 0 Å². The predicted molar refractivity (Wildman–Crippen MR) is 73.5 cm³/mol. The van der Waals surface area contributed by atoms with E-state index in [2.05, 4.69) is 26.8 Å². The third-order valence-corrected chi connectivity index (χ3v) is 3.31. The Hall–Kier alpha value is -1.47. The number of hydrogen-bond donors (Lipinski definition) is 1. The second-order valence-electron chi connectivity index (χ2n) is 3.95. The Morgan fingerprint density at radius 1 is 1.41 bits per heavy atom. The maximum atomic E-state index is 5.89. The van der Waals surface area contributed by atoms with E-state index in [0.717, 1.165) is 23.1 Å². The lowest BCUT2D eigenvalue weighted by atomic mass is 10.1. The summed E-state index contributed by atoms with van der Waals surface area (Å²) in [5.74, 6) is 3.21. The second-order valence-corrected chi connectivity index (χ2v) is 4.86. The van der Waals surface area contributed by atoms with E-state index in [9.17, 15) is 0 Å². The van der Waals surface area contributed by atoms with Crippen LogP contribution in [-0.2, 0) is 0 Å². The second kappa shape index (κ2) is 5.24. The Bertz CT molecular complexity index is 455. The standard InChI is InChI=1S/C13H14BrN3/c1-2-12(10-4-6-11(14)7-5-10)16-13(15)17-8-3-9-17/h1,4-7,12H,3,8-9H2,(H2,15,16). The number of rotatable bonds is 2. The van der Waals surface area contributed by atoms with Crippen LogP contribution in [0.15, 0.2) is 33.7 Å². The highest BCUT2D eigenvalue weighted by atomic mass is 79.9. The van der Waals surface area contributed by atoms with Gasteiger partial charge in [0.2, 0.25) is 0 Å². The van der Waals surface area contributed by atoms with Crippen LogP contribution in [0.1, 0.15) is 18.0 Å². The number of guanidine groups is 1. The van der Waals surface area contributed by atoms with Gasteiger partial charge in [-0.2, -0.15) is 0 Å². The van der Waals surface area contributed by atoms with Crippen molar-refractivity contribution in [3.05, 3.63) is 34.3 Å². The normalized spacial score (nSPS) is 17.2. The molecule has 1 heterocycles. The van der Waals surface area contributed by atoms with E-state index in [0.29, 0.717) is 5.96 Å². The highest BCUT2D eigenvalue weighted by Crippen LogP contribution is 2.20. The largest absolute Gasteiger partial charge is 0.370 e. The van der Waals surface area contributed by atoms with E-state index in [-0.39, 0.29) is 6.04 Å². The topological polar surface area (TPSA) is 41.6 Å². The number of nitrogens with zero attached hydrogens (tertiary/aromatic N) is 2. The summed E-state index contributed by atoms with van der Waals surface area (Å²) in [6.45, 7) is 1.96. The molecular weight excluding hydrogens is 278 g/mol. The van der Waals surface area contributed by atoms with Crippen molar-refractivity contribution >= 4 is 21.9 Å². The molecule has 2 rings (SSSR count). The van der Waals surface area contributed by atoms with Crippen LogP contribution in [0.5, 0.6) is 0 Å². The molecule has 1 aromatic carbocycles. The van der Waals surface area contributed by atoms with Crippen LogP contribution in [0.3, 0.4) is 0 Å². The van der Waals surface area contributed by atoms with Crippen LogP contribution in [0, 0.1) is 12.3 Å². The van der Waals surface area contributed by atoms with Gasteiger partial charge < -0.3 is 10.6 Å². The summed E-state index contributed by atoms with van der Waals surface area (Å²) in [4.78, 5) is 6.42. The van der Waals surface area contributed by atoms with Gasteiger partial charge in [0.1, 0.15) is 6.04 Å². The molecule has 0 aliphatic carbocycles. The van der Waals surface area contributed by atoms with E-state index in [1.165, 1.54) is 6.42 Å². The molecule has 2 N–H and O–H groups in total. The zero-order valence-corrected chi connectivity index (χ0v) is 11.0. The van der Waals surface area contributed by atoms with Gasteiger partial charge in [-0.3, -0.25) is 0 Å². The van der Waals surface area contributed by atoms with Gasteiger partial charge >= 0.3 is 0 Å². The minimum atomic E-state index is -0.302. The summed E-state index contributed by atoms with van der Waals surface area (Å²) in [6.07, 6.45) is 6.68. The van der Waals surface area contributed by atoms with Crippen molar-refractivity contribution < 1.29 is 0 Å². The third-order valence-electron chi connectivity index (χ3n) is 2.79. The molecule has 1 unspecified atom stereocenters. The molecule has 1 aliphatic heterocycles. The van der Waals surface area contributed by atoms with Crippen molar-refractivity contribution in [1.29, 1.82) is 0 Å². The number of hydrogen-bond acceptors (Lipinski definition) is 1. The summed E-state index contributed by atoms with van der Waals surface area (Å²) < 4.78 is 1.02. The summed E-state index contributed by atoms with van der Waals surface area (Å²) >= 11 is 3.39. The van der Waals surface area contributed by atoms with E-state index in [4.69, 9.17) is 12.2 Å². The average Bonchev–Trinajstić information content (AvgIpc) is 2.25. The zero-order chi connectivity index (χ0) is 12.3. The molecule has 0 aromatic heterocycles. The molecule has 88 valence electrons. The number of aliphatic imine (C=N–C) groups is 1. The van der Waals surface area contributed by atoms with Gasteiger partial charge in [0.05, 0.1) is 0 Å². The third kappa shape index (κ3) is 2.80. The SMILES string of the molecule is C#CC(N=C(N)N1CCC1)c1ccc(Br)cc1. The Labute approximate surface area is 110 Å². The van der Waals surface area contributed by atoms with Gasteiger partial charge in [-0.05, 0) is 24.1 Å². The van der Waals surface area contributed by atoms with Crippen LogP contribution >= 0.6 is 15.9 Å². The molecule has 0 saturated carbocycles. The minimum absolute atomic E-state index is 0.302. The first-order valence-electron chi connectivity index (χ1n) is 5.50. The lowest BCUT2D eigenvalue weighted by molar-refractivity contribution is 0.295. The first-order chi connectivity index (χ1) is 8.20. The Kier molecular flexibility index (Phi) is 3.70. The van der Waals surface area contributed by atoms with Crippen molar-refractivity contribution in [2.75, 3.05) is 13.1 Å². The first kappa shape index (κ1) is 12.0. The minimum Gasteiger partial charge on any atom is -0.370 e. The predicted octanol–water partition coefficient (Wildman–Crippen LogP) is 2.14. The fourth-order valence-electron chi connectivity index (χ4n) is 1.61. The van der Waals surface area contributed by atoms with Crippen LogP contribution in [-0.4, -0.2) is 23.9 Å². The molecule has 0 spiro atoms. The molecule has 4 heteroatoms. The van der Waals surface area contributed by atoms with Crippen LogP contribution in [0.2, 0.25) is 0 Å². The average molecular weight is 292 g/mol. The maximum Gasteiger partial charge on any atom is 0.192 e. The van der Waals surface area contributed by atoms with Gasteiger partial charge in [-0.25, -0.2) is 4.99 Å². The summed E-state index contributed by atoms with van der Waals surface area (Å²) in [5.41, 5.74) is 6.88. The van der Waals surface area contributed by atoms with Crippen LogP contribution < -0.4 is 5.73 Å². The first-order valence-corrected chi connectivity index (χ1v) is 6.30. The number of terminal acetylenes is 1. The molecule has 0 bridgehead atoms. The van der Waals surface area contributed by atoms with Crippen molar-refractivity contribution in [3.8, 4) is 12.3 Å². The molecule has 1 atom stereocenters. The highest BCUT2D eigenvalue weighted by Gasteiger charge is 2.17. The van der Waals surface area contributed by atoms with Crippen molar-refractivity contribution in [3.63, 3.8) is 0 Å². The number of benzene rings is 1. The summed E-state index contributed by atoms with van der Waals surface area (Å²) in [7, 11) is 0. The fraction of sp³-hybridized carbons (Fsp3) is 0.308. The Morgan fingerprint density at radius 2 is 2.06 bits per heavy atom. The summed E-state index contributed by atoms with van der Waals surface area (Å²) in [5, 5.41) is 0. The van der Waals surface area contributed by atoms with E-state index >= 15 is 0 Å². The van der Waals surface area contributed by atoms with Gasteiger partial charge in [0.15, 0.2) is 5.96 Å². The number of halogens is 1. The van der Waals surface area contributed by atoms with Crippen LogP contribution in [0.4, 0.5) is 0 Å². The van der Waals surface area contributed by atoms with Gasteiger partial charge in [-0.15, -0.1) is 6.42 Å². The zero-order valence-electron chi connectivity index (χ0n) is 9.44. The Morgan fingerprint density at radius 3 is 2.53 bits per heavy atom. The van der Waals surface area contributed by atoms with E-state index in [1.54, 1.807) is 0 Å². The maximum absolute atomic E-state index is 5.89. The van der Waals surface area contributed by atoms with E-state index < -0.39 is 0 Å². The fourth-order valence-corrected chi connectivity index (χ4v) is 1.88. The molecule has 1 saturated heterocycles. The molecular formula is C13H14BrN3. The lowest BCUT2D eigenvalue weighted by Crippen LogP contribution is -2.46. The molecule has 17 heavy (non-hydrogen) atoms. The quantitative estimate of drug-likeness (QED) is 0.515. The van der Waals surface area contributed by atoms with Gasteiger partial charge in [0.25, 0.3) is 0 Å². The number of nitrogens with two attached hydrogens (primary N) is 1. The monoisotopic (exact) mass is 291 g/mol. The van der Waals surface area contributed by atoms with Crippen molar-refractivity contribution in [1.82, 2.24) is 4.90 Å². The molecule has 0 radical (unpaired) electrons. The molecule has 1 aromatic rings. The molecule has 1 aliphatic rings. The highest BCUT2D eigenvalue weighted by molar-refractivity contribution is 9.10. The lowest BCUT2D eigenvalue weighted by Gasteiger charge is -2.32. The molecule has 3 nitrogen and oxygen atoms in total. The van der Waals surface area contributed by atoms with Crippen molar-refractivity contribution in [2.24, 2.45) is 10.7 Å². The van der Waals surface area contributed by atoms with Gasteiger partial charge in [-0.1, -0.05) is 34.0 Å². The van der Waals surface area contributed by atoms with Gasteiger partial charge in [0, 0.05) is 17.6 Å². The molecule has 0 amide bonds. The van der Waals surface area contributed by atoms with E-state index in [1.807, 2.05) is 29.2 Å². The smallest absolute Gasteiger partial charge is 0.192 e. The van der Waals surface area contributed by atoms with Crippen molar-refractivity contribution in [2.45, 2.75) is 12.5 Å². The molecule has 1 fully saturated rings. The summed E-state index contributed by atoms with van der Waals surface area (Å²) in [6, 6.07) is 7.52. The Balaban J connectivity index is 2.16. The number of likely N-dealkylation sites (tertiary alicyclic amines) is 1.